The van der Waals surface area contributed by atoms with E-state index in [1.807, 2.05) is 32.2 Å². The molecule has 1 aliphatic rings. The Labute approximate surface area is 208 Å². The van der Waals surface area contributed by atoms with Gasteiger partial charge in [0.1, 0.15) is 5.78 Å². The molecule has 0 aliphatic carbocycles. The molecule has 1 amide bonds. The quantitative estimate of drug-likeness (QED) is 0.582. The van der Waals surface area contributed by atoms with E-state index < -0.39 is 23.5 Å². The standard InChI is InChI=1S/C27H42N2O4S/c1-17-12-10-8-9-11-13-22(18(2)14-21-16-34-20(4)28-21)29(7)24(31)15-23(30)27(5,6)26(33)19(3)25(17)32/h9,11,14,16-17,19,22-23,25,30,32H,8,10,12-13,15H2,1-7H3/b11-9-,18-14+/t17-,19-,22-,23+,25-/m1/s1. The molecule has 5 atom stereocenters. The van der Waals surface area contributed by atoms with Crippen LogP contribution in [-0.2, 0) is 9.59 Å². The lowest BCUT2D eigenvalue weighted by atomic mass is 9.73. The molecular weight excluding hydrogens is 448 g/mol. The first-order valence-corrected chi connectivity index (χ1v) is 13.2. The van der Waals surface area contributed by atoms with Crippen molar-refractivity contribution in [2.45, 2.75) is 91.9 Å². The molecule has 2 heterocycles. The van der Waals surface area contributed by atoms with Crippen molar-refractivity contribution in [2.75, 3.05) is 7.05 Å². The van der Waals surface area contributed by atoms with Crippen LogP contribution in [0.2, 0.25) is 0 Å². The Morgan fingerprint density at radius 2 is 1.91 bits per heavy atom. The van der Waals surface area contributed by atoms with E-state index in [2.05, 4.69) is 17.1 Å². The molecule has 190 valence electrons. The van der Waals surface area contributed by atoms with Gasteiger partial charge >= 0.3 is 0 Å². The minimum absolute atomic E-state index is 0.0274. The molecule has 6 nitrogen and oxygen atoms in total. The Morgan fingerprint density at radius 1 is 1.24 bits per heavy atom. The fourth-order valence-electron chi connectivity index (χ4n) is 4.63. The number of ketones is 1. The Bertz CT molecular complexity index is 904. The van der Waals surface area contributed by atoms with Crippen molar-refractivity contribution >= 4 is 29.1 Å². The Balaban J connectivity index is 2.35. The molecule has 0 aromatic carbocycles. The van der Waals surface area contributed by atoms with Crippen LogP contribution in [0, 0.1) is 24.2 Å². The third-order valence-corrected chi connectivity index (χ3v) is 8.09. The molecular formula is C27H42N2O4S. The zero-order chi connectivity index (χ0) is 25.6. The lowest BCUT2D eigenvalue weighted by Crippen LogP contribution is -2.47. The zero-order valence-corrected chi connectivity index (χ0v) is 22.6. The number of aliphatic hydroxyl groups is 2. The van der Waals surface area contributed by atoms with Crippen molar-refractivity contribution in [3.05, 3.63) is 33.8 Å². The van der Waals surface area contributed by atoms with Gasteiger partial charge in [0.05, 0.1) is 40.8 Å². The minimum atomic E-state index is -1.15. The number of nitrogens with zero attached hydrogens (tertiary/aromatic N) is 2. The normalized spacial score (nSPS) is 31.5. The Morgan fingerprint density at radius 3 is 2.53 bits per heavy atom. The molecule has 0 saturated carbocycles. The summed E-state index contributed by atoms with van der Waals surface area (Å²) < 4.78 is 0. The van der Waals surface area contributed by atoms with Crippen LogP contribution in [0.25, 0.3) is 6.08 Å². The van der Waals surface area contributed by atoms with E-state index in [4.69, 9.17) is 0 Å². The number of aromatic nitrogens is 1. The largest absolute Gasteiger partial charge is 0.392 e. The van der Waals surface area contributed by atoms with Gasteiger partial charge in [0.15, 0.2) is 0 Å². The number of aliphatic hydroxyl groups excluding tert-OH is 2. The smallest absolute Gasteiger partial charge is 0.225 e. The third kappa shape index (κ3) is 7.09. The highest BCUT2D eigenvalue weighted by Crippen LogP contribution is 2.32. The van der Waals surface area contributed by atoms with Gasteiger partial charge in [0.25, 0.3) is 0 Å². The molecule has 7 heteroatoms. The maximum Gasteiger partial charge on any atom is 0.225 e. The number of allylic oxidation sites excluding steroid dienone is 1. The molecule has 2 N–H and O–H groups in total. The second-order valence-electron chi connectivity index (χ2n) is 10.4. The van der Waals surface area contributed by atoms with Crippen molar-refractivity contribution in [1.29, 1.82) is 0 Å². The molecule has 1 aromatic rings. The van der Waals surface area contributed by atoms with Crippen LogP contribution in [0.15, 0.2) is 23.1 Å². The van der Waals surface area contributed by atoms with Crippen LogP contribution in [0.1, 0.15) is 77.4 Å². The predicted octanol–water partition coefficient (Wildman–Crippen LogP) is 4.79. The van der Waals surface area contributed by atoms with E-state index in [9.17, 15) is 19.8 Å². The summed E-state index contributed by atoms with van der Waals surface area (Å²) in [6.07, 6.45) is 7.43. The summed E-state index contributed by atoms with van der Waals surface area (Å²) in [7, 11) is 1.75. The minimum Gasteiger partial charge on any atom is -0.392 e. The topological polar surface area (TPSA) is 90.7 Å². The number of rotatable bonds is 2. The molecule has 0 saturated heterocycles. The second-order valence-corrected chi connectivity index (χ2v) is 11.5. The fourth-order valence-corrected chi connectivity index (χ4v) is 5.20. The van der Waals surface area contributed by atoms with Gasteiger partial charge < -0.3 is 15.1 Å². The van der Waals surface area contributed by atoms with Gasteiger partial charge in [-0.05, 0) is 57.1 Å². The van der Waals surface area contributed by atoms with E-state index in [0.29, 0.717) is 6.42 Å². The first-order chi connectivity index (χ1) is 15.9. The van der Waals surface area contributed by atoms with Crippen molar-refractivity contribution in [1.82, 2.24) is 9.88 Å². The first-order valence-electron chi connectivity index (χ1n) is 12.3. The molecule has 34 heavy (non-hydrogen) atoms. The number of aryl methyl sites for hydroxylation is 1. The van der Waals surface area contributed by atoms with Crippen LogP contribution < -0.4 is 0 Å². The van der Waals surface area contributed by atoms with Gasteiger partial charge in [-0.2, -0.15) is 0 Å². The molecule has 0 fully saturated rings. The third-order valence-electron chi connectivity index (χ3n) is 7.30. The van der Waals surface area contributed by atoms with E-state index in [1.165, 1.54) is 0 Å². The molecule has 1 aromatic heterocycles. The van der Waals surface area contributed by atoms with Crippen LogP contribution in [0.5, 0.6) is 0 Å². The van der Waals surface area contributed by atoms with Crippen molar-refractivity contribution in [3.63, 3.8) is 0 Å². The SMILES string of the molecule is C/C(=C\c1csc(C)n1)[C@H]1C/C=C\CCC[C@@H](C)[C@@H](O)[C@@H](C)C(=O)C(C)(C)[C@@H](O)CC(=O)N1C. The van der Waals surface area contributed by atoms with Gasteiger partial charge in [-0.3, -0.25) is 9.59 Å². The lowest BCUT2D eigenvalue weighted by molar-refractivity contribution is -0.145. The van der Waals surface area contributed by atoms with E-state index in [1.54, 1.807) is 44.1 Å². The van der Waals surface area contributed by atoms with Crippen molar-refractivity contribution in [2.24, 2.45) is 17.3 Å². The molecule has 1 aliphatic heterocycles. The molecule has 0 spiro atoms. The number of amides is 1. The molecule has 2 rings (SSSR count). The van der Waals surface area contributed by atoms with Crippen molar-refractivity contribution in [3.8, 4) is 0 Å². The average Bonchev–Trinajstić information content (AvgIpc) is 3.19. The predicted molar refractivity (Wildman–Crippen MR) is 138 cm³/mol. The van der Waals surface area contributed by atoms with Crippen LogP contribution >= 0.6 is 11.3 Å². The lowest BCUT2D eigenvalue weighted by Gasteiger charge is -2.36. The first kappa shape index (κ1) is 28.4. The number of hydrogen-bond donors (Lipinski definition) is 2. The van der Waals surface area contributed by atoms with Crippen LogP contribution in [0.4, 0.5) is 0 Å². The summed E-state index contributed by atoms with van der Waals surface area (Å²) in [5, 5.41) is 24.7. The summed E-state index contributed by atoms with van der Waals surface area (Å²) in [6, 6.07) is -0.177. The monoisotopic (exact) mass is 490 g/mol. The highest BCUT2D eigenvalue weighted by Gasteiger charge is 2.42. The summed E-state index contributed by atoms with van der Waals surface area (Å²) in [5.41, 5.74) is 0.749. The molecule has 0 bridgehead atoms. The van der Waals surface area contributed by atoms with E-state index in [-0.39, 0.29) is 30.1 Å². The second kappa shape index (κ2) is 12.2. The Kier molecular flexibility index (Phi) is 10.2. The number of carbonyl (C=O) groups is 2. The molecule has 0 radical (unpaired) electrons. The summed E-state index contributed by atoms with van der Waals surface area (Å²) in [5.74, 6) is -1.08. The number of Topliss-reactive ketones (excluding diaryl/α,β-unsaturated/α-hetero) is 1. The molecule has 0 unspecified atom stereocenters. The maximum atomic E-state index is 13.2. The number of likely N-dealkylation sites (N-methyl/N-ethyl adjacent to an activating group) is 1. The van der Waals surface area contributed by atoms with Gasteiger partial charge in [-0.15, -0.1) is 11.3 Å². The Hall–Kier alpha value is -1.83. The highest BCUT2D eigenvalue weighted by atomic mass is 32.1. The zero-order valence-electron chi connectivity index (χ0n) is 21.7. The average molecular weight is 491 g/mol. The summed E-state index contributed by atoms with van der Waals surface area (Å²) in [4.78, 5) is 32.6. The van der Waals surface area contributed by atoms with Crippen molar-refractivity contribution < 1.29 is 19.8 Å². The van der Waals surface area contributed by atoms with Gasteiger partial charge in [-0.1, -0.05) is 39.8 Å². The fraction of sp³-hybridized carbons (Fsp3) is 0.667. The van der Waals surface area contributed by atoms with Crippen LogP contribution in [-0.4, -0.2) is 57.1 Å². The highest BCUT2D eigenvalue weighted by molar-refractivity contribution is 7.09. The number of thiazole rings is 1. The van der Waals surface area contributed by atoms with E-state index in [0.717, 1.165) is 35.5 Å². The maximum absolute atomic E-state index is 13.2. The number of hydrogen-bond acceptors (Lipinski definition) is 6. The summed E-state index contributed by atoms with van der Waals surface area (Å²) in [6.45, 7) is 11.0. The number of carbonyl (C=O) groups excluding carboxylic acids is 2. The van der Waals surface area contributed by atoms with E-state index >= 15 is 0 Å². The summed E-state index contributed by atoms with van der Waals surface area (Å²) >= 11 is 1.59. The van der Waals surface area contributed by atoms with Gasteiger partial charge in [0, 0.05) is 18.3 Å². The van der Waals surface area contributed by atoms with Gasteiger partial charge in [0.2, 0.25) is 5.91 Å². The van der Waals surface area contributed by atoms with Gasteiger partial charge in [-0.25, -0.2) is 4.98 Å². The van der Waals surface area contributed by atoms with Crippen LogP contribution in [0.3, 0.4) is 0 Å².